The molecule has 1 heteroatoms. The monoisotopic (exact) mass is 592 g/mol. The van der Waals surface area contributed by atoms with Gasteiger partial charge in [-0.1, -0.05) is 0 Å². The number of benzene rings is 5. The van der Waals surface area contributed by atoms with Crippen LogP contribution >= 0.6 is 0 Å². The summed E-state index contributed by atoms with van der Waals surface area (Å²) in [4.78, 5) is 0. The Bertz CT molecular complexity index is 1730. The van der Waals surface area contributed by atoms with Gasteiger partial charge in [0.2, 0.25) is 0 Å². The van der Waals surface area contributed by atoms with Gasteiger partial charge in [-0.25, -0.2) is 0 Å². The molecule has 0 fully saturated rings. The predicted molar refractivity (Wildman–Crippen MR) is 167 cm³/mol. The molecular weight excluding hydrogens is 560 g/mol. The molecule has 0 nitrogen and oxygen atoms in total. The molecule has 0 radical (unpaired) electrons. The van der Waals surface area contributed by atoms with Crippen LogP contribution in [0.2, 0.25) is 0 Å². The van der Waals surface area contributed by atoms with Crippen molar-refractivity contribution in [2.75, 3.05) is 0 Å². The Morgan fingerprint density at radius 3 is 1.55 bits per heavy atom. The Kier molecular flexibility index (Phi) is 6.52. The molecular formula is C39H34Zr. The third-order valence-corrected chi connectivity index (χ3v) is 17.5. The van der Waals surface area contributed by atoms with E-state index in [9.17, 15) is 0 Å². The van der Waals surface area contributed by atoms with E-state index in [0.717, 1.165) is 0 Å². The molecule has 0 aliphatic heterocycles. The summed E-state index contributed by atoms with van der Waals surface area (Å²) >= 11 is -2.74. The first kappa shape index (κ1) is 25.6. The van der Waals surface area contributed by atoms with Gasteiger partial charge in [0.1, 0.15) is 0 Å². The maximum atomic E-state index is 2.65. The van der Waals surface area contributed by atoms with Gasteiger partial charge in [-0.05, 0) is 0 Å². The molecule has 2 aliphatic rings. The third-order valence-electron chi connectivity index (χ3n) is 8.77. The van der Waals surface area contributed by atoms with Crippen molar-refractivity contribution in [3.63, 3.8) is 0 Å². The Hall–Kier alpha value is -3.41. The van der Waals surface area contributed by atoms with Crippen LogP contribution in [0.1, 0.15) is 64.2 Å². The summed E-state index contributed by atoms with van der Waals surface area (Å²) in [5.74, 6) is 0. The molecule has 0 N–H and O–H groups in total. The zero-order valence-electron chi connectivity index (χ0n) is 23.7. The van der Waals surface area contributed by atoms with Crippen LogP contribution in [0, 0.1) is 20.8 Å². The molecule has 0 spiro atoms. The van der Waals surface area contributed by atoms with Gasteiger partial charge >= 0.3 is 248 Å². The second-order valence-corrected chi connectivity index (χ2v) is 18.0. The Morgan fingerprint density at radius 1 is 0.500 bits per heavy atom. The Labute approximate surface area is 246 Å². The van der Waals surface area contributed by atoms with E-state index in [-0.39, 0.29) is 0 Å². The van der Waals surface area contributed by atoms with E-state index in [1.165, 1.54) is 55.6 Å². The molecule has 0 heterocycles. The van der Waals surface area contributed by atoms with Crippen LogP contribution < -0.4 is 0 Å². The maximum absolute atomic E-state index is 2.74. The average Bonchev–Trinajstić information content (AvgIpc) is 3.45. The van der Waals surface area contributed by atoms with Crippen molar-refractivity contribution in [2.24, 2.45) is 0 Å². The SMILES string of the molecule is CC1=C[CH]([Zr](=[C](c2ccccc2)c2ccccc2)[CH]2c3cc(C)ccc3-c3ccc(C)cc32)c2ccc(C)cc21. The van der Waals surface area contributed by atoms with Gasteiger partial charge in [0, 0.05) is 0 Å². The summed E-state index contributed by atoms with van der Waals surface area (Å²) in [7, 11) is 0. The van der Waals surface area contributed by atoms with Crippen LogP contribution in [0.15, 0.2) is 121 Å². The topological polar surface area (TPSA) is 0 Å². The van der Waals surface area contributed by atoms with Gasteiger partial charge in [-0.3, -0.25) is 0 Å². The molecule has 0 saturated heterocycles. The molecule has 1 atom stereocenters. The summed E-state index contributed by atoms with van der Waals surface area (Å²) in [5.41, 5.74) is 17.2. The van der Waals surface area contributed by atoms with Crippen molar-refractivity contribution in [1.29, 1.82) is 0 Å². The van der Waals surface area contributed by atoms with Crippen LogP contribution in [0.5, 0.6) is 0 Å². The van der Waals surface area contributed by atoms with Crippen molar-refractivity contribution >= 4 is 8.78 Å². The molecule has 5 aromatic rings. The molecule has 40 heavy (non-hydrogen) atoms. The molecule has 0 saturated carbocycles. The molecule has 0 aromatic heterocycles. The van der Waals surface area contributed by atoms with Crippen LogP contribution in [0.4, 0.5) is 0 Å². The number of fused-ring (bicyclic) bond motifs is 4. The van der Waals surface area contributed by atoms with Gasteiger partial charge in [-0.2, -0.15) is 0 Å². The summed E-state index contributed by atoms with van der Waals surface area (Å²) in [6, 6.07) is 44.2. The molecule has 194 valence electrons. The normalized spacial score (nSPS) is 15.3. The van der Waals surface area contributed by atoms with E-state index in [4.69, 9.17) is 0 Å². The average molecular weight is 594 g/mol. The predicted octanol–water partition coefficient (Wildman–Crippen LogP) is 9.73. The van der Waals surface area contributed by atoms with E-state index in [1.54, 1.807) is 14.3 Å². The third kappa shape index (κ3) is 4.27. The standard InChI is InChI=1S/C15H13.C13H10.C11H11.Zr/c1-10-3-5-14-12(7-10)9-13-8-11(2)4-6-15(13)14;1-3-7-12(8-4-1)11-13-9-5-2-6-10-13;1-8-3-5-10-6-4-9(2)11(10)7-8;/h3-9H,1-2H3;1-10H;3-7H,1-2H3;. The summed E-state index contributed by atoms with van der Waals surface area (Å²) in [6.45, 7) is 9.06. The summed E-state index contributed by atoms with van der Waals surface area (Å²) in [6.07, 6.45) is 2.65. The zero-order chi connectivity index (χ0) is 27.4. The van der Waals surface area contributed by atoms with Crippen LogP contribution in [-0.4, -0.2) is 3.21 Å². The van der Waals surface area contributed by atoms with Crippen molar-refractivity contribution in [3.05, 3.63) is 171 Å². The number of hydrogen-bond acceptors (Lipinski definition) is 0. The van der Waals surface area contributed by atoms with Gasteiger partial charge in [0.05, 0.1) is 0 Å². The fourth-order valence-electron chi connectivity index (χ4n) is 6.99. The van der Waals surface area contributed by atoms with Crippen LogP contribution in [0.3, 0.4) is 0 Å². The number of aryl methyl sites for hydroxylation is 3. The number of allylic oxidation sites excluding steroid dienone is 2. The first-order valence-electron chi connectivity index (χ1n) is 14.4. The minimum absolute atomic E-state index is 0.434. The van der Waals surface area contributed by atoms with Crippen molar-refractivity contribution in [3.8, 4) is 11.1 Å². The molecule has 0 bridgehead atoms. The van der Waals surface area contributed by atoms with Crippen molar-refractivity contribution in [1.82, 2.24) is 0 Å². The summed E-state index contributed by atoms with van der Waals surface area (Å²) < 4.78 is 2.51. The van der Waals surface area contributed by atoms with Crippen LogP contribution in [0.25, 0.3) is 16.7 Å². The fourth-order valence-corrected chi connectivity index (χ4v) is 17.1. The molecule has 5 aromatic carbocycles. The van der Waals surface area contributed by atoms with Crippen molar-refractivity contribution < 1.29 is 21.3 Å². The van der Waals surface area contributed by atoms with Gasteiger partial charge in [-0.15, -0.1) is 0 Å². The molecule has 1 unspecified atom stereocenters. The second-order valence-electron chi connectivity index (χ2n) is 11.6. The van der Waals surface area contributed by atoms with E-state index in [1.807, 2.05) is 0 Å². The number of rotatable bonds is 4. The Morgan fingerprint density at radius 2 is 1.00 bits per heavy atom. The molecule has 7 rings (SSSR count). The van der Waals surface area contributed by atoms with Crippen molar-refractivity contribution in [2.45, 2.75) is 34.9 Å². The van der Waals surface area contributed by atoms with E-state index >= 15 is 0 Å². The first-order chi connectivity index (χ1) is 19.5. The summed E-state index contributed by atoms with van der Waals surface area (Å²) in [5, 5.41) is 0. The van der Waals surface area contributed by atoms with Gasteiger partial charge in [0.25, 0.3) is 0 Å². The fraction of sp³-hybridized carbons (Fsp3) is 0.154. The van der Waals surface area contributed by atoms with Gasteiger partial charge < -0.3 is 0 Å². The molecule has 0 amide bonds. The quantitative estimate of drug-likeness (QED) is 0.195. The van der Waals surface area contributed by atoms with E-state index < -0.39 is 21.3 Å². The van der Waals surface area contributed by atoms with Crippen LogP contribution in [-0.2, 0) is 21.3 Å². The Balaban J connectivity index is 1.63. The van der Waals surface area contributed by atoms with E-state index in [0.29, 0.717) is 7.25 Å². The molecule has 2 aliphatic carbocycles. The second kappa shape index (κ2) is 10.2. The zero-order valence-corrected chi connectivity index (χ0v) is 26.2. The minimum atomic E-state index is -2.74. The number of hydrogen-bond donors (Lipinski definition) is 0. The first-order valence-corrected chi connectivity index (χ1v) is 18.4. The van der Waals surface area contributed by atoms with E-state index in [2.05, 4.69) is 149 Å². The van der Waals surface area contributed by atoms with Gasteiger partial charge in [0.15, 0.2) is 0 Å².